The lowest BCUT2D eigenvalue weighted by Crippen LogP contribution is -2.35. The summed E-state index contributed by atoms with van der Waals surface area (Å²) in [5.41, 5.74) is 0.110. The van der Waals surface area contributed by atoms with Gasteiger partial charge in [-0.2, -0.15) is 0 Å². The first-order valence-corrected chi connectivity index (χ1v) is 7.40. The van der Waals surface area contributed by atoms with E-state index in [2.05, 4.69) is 26.1 Å². The molecule has 0 bridgehead atoms. The van der Waals surface area contributed by atoms with Crippen LogP contribution in [0.1, 0.15) is 46.6 Å². The molecule has 1 atom stereocenters. The normalized spacial score (nSPS) is 14.9. The summed E-state index contributed by atoms with van der Waals surface area (Å²) in [5, 5.41) is 14.1. The number of halogens is 1. The van der Waals surface area contributed by atoms with Crippen molar-refractivity contribution in [2.75, 3.05) is 6.61 Å². The lowest BCUT2D eigenvalue weighted by atomic mass is 10.1. The van der Waals surface area contributed by atoms with E-state index < -0.39 is 5.60 Å². The zero-order valence-electron chi connectivity index (χ0n) is 13.1. The van der Waals surface area contributed by atoms with Gasteiger partial charge in [0.1, 0.15) is 12.4 Å². The Kier molecular flexibility index (Phi) is 5.87. The van der Waals surface area contributed by atoms with Crippen molar-refractivity contribution in [1.29, 1.82) is 0 Å². The minimum absolute atomic E-state index is 0.00531. The van der Waals surface area contributed by atoms with Crippen molar-refractivity contribution in [2.45, 2.75) is 58.7 Å². The smallest absolute Gasteiger partial charge is 0.125 e. The summed E-state index contributed by atoms with van der Waals surface area (Å²) in [7, 11) is 0. The fraction of sp³-hybridized carbons (Fsp3) is 0.625. The molecule has 2 N–H and O–H groups in total. The van der Waals surface area contributed by atoms with Crippen LogP contribution in [0.3, 0.4) is 0 Å². The molecule has 0 saturated heterocycles. The second kappa shape index (κ2) is 6.79. The highest BCUT2D eigenvalue weighted by Gasteiger charge is 2.20. The van der Waals surface area contributed by atoms with Gasteiger partial charge in [-0.05, 0) is 46.2 Å². The predicted molar refractivity (Wildman–Crippen MR) is 84.5 cm³/mol. The van der Waals surface area contributed by atoms with Crippen molar-refractivity contribution in [3.63, 3.8) is 0 Å². The molecule has 4 heteroatoms. The Hall–Kier alpha value is -0.770. The number of hydrogen-bond donors (Lipinski definition) is 2. The average Bonchev–Trinajstić information content (AvgIpc) is 2.34. The number of ether oxygens (including phenoxy) is 1. The summed E-state index contributed by atoms with van der Waals surface area (Å²) >= 11 is 6.26. The first-order chi connectivity index (χ1) is 9.14. The lowest BCUT2D eigenvalue weighted by molar-refractivity contribution is 0.00813. The van der Waals surface area contributed by atoms with Crippen LogP contribution in [0.4, 0.5) is 0 Å². The second-order valence-corrected chi connectivity index (χ2v) is 6.87. The molecule has 1 aromatic carbocycles. The predicted octanol–water partition coefficient (Wildman–Crippen LogP) is 3.77. The summed E-state index contributed by atoms with van der Waals surface area (Å²) in [5.74, 6) is 0.725. The molecular weight excluding hydrogens is 274 g/mol. The monoisotopic (exact) mass is 299 g/mol. The van der Waals surface area contributed by atoms with E-state index in [1.54, 1.807) is 6.92 Å². The largest absolute Gasteiger partial charge is 0.490 e. The molecule has 0 aliphatic heterocycles. The molecule has 0 aliphatic rings. The van der Waals surface area contributed by atoms with Gasteiger partial charge in [-0.15, -0.1) is 0 Å². The van der Waals surface area contributed by atoms with E-state index in [4.69, 9.17) is 16.3 Å². The zero-order chi connectivity index (χ0) is 15.4. The SMILES string of the molecule is CCC(C)(O)COc1cccc(Cl)c1CNC(C)(C)C. The van der Waals surface area contributed by atoms with E-state index >= 15 is 0 Å². The van der Waals surface area contributed by atoms with Crippen LogP contribution in [0, 0.1) is 0 Å². The number of nitrogens with one attached hydrogen (secondary N) is 1. The van der Waals surface area contributed by atoms with Gasteiger partial charge < -0.3 is 15.2 Å². The fourth-order valence-corrected chi connectivity index (χ4v) is 1.77. The standard InChI is InChI=1S/C16H26ClNO2/c1-6-16(5,19)11-20-14-9-7-8-13(17)12(14)10-18-15(2,3)4/h7-9,18-19H,6,10-11H2,1-5H3. The molecule has 20 heavy (non-hydrogen) atoms. The Morgan fingerprint density at radius 3 is 2.45 bits per heavy atom. The third kappa shape index (κ3) is 5.70. The van der Waals surface area contributed by atoms with Gasteiger partial charge in [0.15, 0.2) is 0 Å². The quantitative estimate of drug-likeness (QED) is 0.840. The van der Waals surface area contributed by atoms with E-state index in [0.717, 1.165) is 11.3 Å². The van der Waals surface area contributed by atoms with Crippen molar-refractivity contribution in [2.24, 2.45) is 0 Å². The maximum absolute atomic E-state index is 10.0. The van der Waals surface area contributed by atoms with Gasteiger partial charge in [0.25, 0.3) is 0 Å². The van der Waals surface area contributed by atoms with Crippen LogP contribution in [0.15, 0.2) is 18.2 Å². The highest BCUT2D eigenvalue weighted by molar-refractivity contribution is 6.31. The molecule has 0 saturated carbocycles. The van der Waals surface area contributed by atoms with Gasteiger partial charge in [-0.25, -0.2) is 0 Å². The van der Waals surface area contributed by atoms with Crippen LogP contribution >= 0.6 is 11.6 Å². The molecule has 1 aromatic rings. The Bertz CT molecular complexity index is 439. The third-order valence-corrected chi connectivity index (χ3v) is 3.53. The summed E-state index contributed by atoms with van der Waals surface area (Å²) < 4.78 is 5.76. The molecule has 114 valence electrons. The van der Waals surface area contributed by atoms with Crippen molar-refractivity contribution < 1.29 is 9.84 Å². The Morgan fingerprint density at radius 2 is 1.90 bits per heavy atom. The van der Waals surface area contributed by atoms with Crippen LogP contribution in [0.25, 0.3) is 0 Å². The number of aliphatic hydroxyl groups is 1. The first kappa shape index (κ1) is 17.3. The first-order valence-electron chi connectivity index (χ1n) is 7.02. The molecule has 3 nitrogen and oxygen atoms in total. The third-order valence-electron chi connectivity index (χ3n) is 3.17. The summed E-state index contributed by atoms with van der Waals surface area (Å²) in [6.45, 7) is 10.9. The van der Waals surface area contributed by atoms with Crippen molar-refractivity contribution in [3.8, 4) is 5.75 Å². The molecule has 0 heterocycles. The zero-order valence-corrected chi connectivity index (χ0v) is 13.8. The van der Waals surface area contributed by atoms with Crippen LogP contribution in [-0.4, -0.2) is 22.9 Å². The van der Waals surface area contributed by atoms with Gasteiger partial charge in [0, 0.05) is 22.7 Å². The minimum Gasteiger partial charge on any atom is -0.490 e. The molecule has 1 rings (SSSR count). The van der Waals surface area contributed by atoms with Crippen LogP contribution in [0.2, 0.25) is 5.02 Å². The summed E-state index contributed by atoms with van der Waals surface area (Å²) in [4.78, 5) is 0. The van der Waals surface area contributed by atoms with E-state index in [0.29, 0.717) is 18.0 Å². The molecule has 0 fully saturated rings. The molecule has 0 spiro atoms. The summed E-state index contributed by atoms with van der Waals surface area (Å²) in [6, 6.07) is 5.60. The Labute approximate surface area is 127 Å². The van der Waals surface area contributed by atoms with E-state index in [9.17, 15) is 5.11 Å². The topological polar surface area (TPSA) is 41.5 Å². The maximum atomic E-state index is 10.0. The molecular formula is C16H26ClNO2. The van der Waals surface area contributed by atoms with Crippen molar-refractivity contribution >= 4 is 11.6 Å². The van der Waals surface area contributed by atoms with E-state index in [1.165, 1.54) is 0 Å². The molecule has 0 aromatic heterocycles. The van der Waals surface area contributed by atoms with Gasteiger partial charge >= 0.3 is 0 Å². The highest BCUT2D eigenvalue weighted by atomic mass is 35.5. The van der Waals surface area contributed by atoms with Gasteiger partial charge in [0.2, 0.25) is 0 Å². The van der Waals surface area contributed by atoms with Crippen molar-refractivity contribution in [1.82, 2.24) is 5.32 Å². The van der Waals surface area contributed by atoms with Crippen LogP contribution in [0.5, 0.6) is 5.75 Å². The minimum atomic E-state index is -0.822. The van der Waals surface area contributed by atoms with Crippen molar-refractivity contribution in [3.05, 3.63) is 28.8 Å². The fourth-order valence-electron chi connectivity index (χ4n) is 1.53. The molecule has 0 amide bonds. The van der Waals surface area contributed by atoms with Gasteiger partial charge in [-0.3, -0.25) is 0 Å². The highest BCUT2D eigenvalue weighted by Crippen LogP contribution is 2.28. The van der Waals surface area contributed by atoms with Crippen LogP contribution < -0.4 is 10.1 Å². The second-order valence-electron chi connectivity index (χ2n) is 6.46. The maximum Gasteiger partial charge on any atom is 0.125 e. The van der Waals surface area contributed by atoms with Crippen LogP contribution in [-0.2, 0) is 6.54 Å². The lowest BCUT2D eigenvalue weighted by Gasteiger charge is -2.25. The molecule has 0 aliphatic carbocycles. The Balaban J connectivity index is 2.83. The number of benzene rings is 1. The van der Waals surface area contributed by atoms with E-state index in [1.807, 2.05) is 25.1 Å². The van der Waals surface area contributed by atoms with Gasteiger partial charge in [0.05, 0.1) is 5.60 Å². The molecule has 1 unspecified atom stereocenters. The van der Waals surface area contributed by atoms with Gasteiger partial charge in [-0.1, -0.05) is 24.6 Å². The number of hydrogen-bond acceptors (Lipinski definition) is 3. The Morgan fingerprint density at radius 1 is 1.25 bits per heavy atom. The molecule has 0 radical (unpaired) electrons. The summed E-state index contributed by atoms with van der Waals surface area (Å²) in [6.07, 6.45) is 0.642. The van der Waals surface area contributed by atoms with E-state index in [-0.39, 0.29) is 12.1 Å². The number of rotatable bonds is 6. The average molecular weight is 300 g/mol.